The lowest BCUT2D eigenvalue weighted by atomic mass is 9.99. The van der Waals surface area contributed by atoms with Gasteiger partial charge in [0.25, 0.3) is 15.9 Å². The average Bonchev–Trinajstić information content (AvgIpc) is 2.76. The number of amides is 1. The molecule has 1 aliphatic heterocycles. The van der Waals surface area contributed by atoms with Gasteiger partial charge in [-0.25, -0.2) is 12.8 Å². The summed E-state index contributed by atoms with van der Waals surface area (Å²) < 4.78 is 47.9. The Hall–Kier alpha value is -2.69. The molecule has 0 radical (unpaired) electrons. The van der Waals surface area contributed by atoms with Crippen molar-refractivity contribution in [2.75, 3.05) is 38.5 Å². The van der Waals surface area contributed by atoms with Gasteiger partial charge in [-0.05, 0) is 57.4 Å². The van der Waals surface area contributed by atoms with E-state index in [1.165, 1.54) is 6.07 Å². The van der Waals surface area contributed by atoms with Crippen molar-refractivity contribution in [3.05, 3.63) is 53.8 Å². The van der Waals surface area contributed by atoms with E-state index in [2.05, 4.69) is 4.72 Å². The molecule has 0 bridgehead atoms. The third-order valence-electron chi connectivity index (χ3n) is 5.60. The van der Waals surface area contributed by atoms with Crippen molar-refractivity contribution in [1.29, 1.82) is 0 Å². The fraction of sp³-hybridized carbons (Fsp3) is 0.435. The van der Waals surface area contributed by atoms with E-state index >= 15 is 0 Å². The van der Waals surface area contributed by atoms with E-state index in [9.17, 15) is 22.7 Å². The molecule has 0 saturated carbocycles. The SMILES string of the molecule is C[C@H](CO)N1C[C@H](C)[C@@H](CN(C)C)Oc2c(NS(=O)(=O)c3ccc(F)cc3)cccc2C1=O. The van der Waals surface area contributed by atoms with Crippen LogP contribution in [-0.4, -0.2) is 75.2 Å². The Morgan fingerprint density at radius 1 is 1.24 bits per heavy atom. The molecule has 0 aromatic heterocycles. The van der Waals surface area contributed by atoms with Gasteiger partial charge in [0.05, 0.1) is 28.8 Å². The summed E-state index contributed by atoms with van der Waals surface area (Å²) in [4.78, 5) is 16.8. The number of hydrogen-bond donors (Lipinski definition) is 2. The Kier molecular flexibility index (Phi) is 7.61. The molecule has 0 aliphatic carbocycles. The molecule has 2 aromatic carbocycles. The number of likely N-dealkylation sites (N-methyl/N-ethyl adjacent to an activating group) is 1. The lowest BCUT2D eigenvalue weighted by molar-refractivity contribution is 0.0366. The molecule has 2 N–H and O–H groups in total. The number of aliphatic hydroxyl groups is 1. The maximum Gasteiger partial charge on any atom is 0.262 e. The molecule has 3 atom stereocenters. The van der Waals surface area contributed by atoms with Gasteiger partial charge < -0.3 is 19.6 Å². The maximum atomic E-state index is 13.4. The molecule has 33 heavy (non-hydrogen) atoms. The van der Waals surface area contributed by atoms with Crippen LogP contribution in [0.3, 0.4) is 0 Å². The number of rotatable bonds is 7. The van der Waals surface area contributed by atoms with Crippen LogP contribution in [0.1, 0.15) is 24.2 Å². The van der Waals surface area contributed by atoms with E-state index in [1.807, 2.05) is 25.9 Å². The third kappa shape index (κ3) is 5.63. The average molecular weight is 480 g/mol. The summed E-state index contributed by atoms with van der Waals surface area (Å²) >= 11 is 0. The molecule has 0 saturated heterocycles. The fourth-order valence-electron chi connectivity index (χ4n) is 3.72. The number of benzene rings is 2. The number of anilines is 1. The molecule has 3 rings (SSSR count). The standard InChI is InChI=1S/C23H30FN3O5S/c1-15-12-27(16(2)14-28)23(29)19-6-5-7-20(22(19)32-21(15)13-26(3)4)25-33(30,31)18-10-8-17(24)9-11-18/h5-11,15-16,21,25,28H,12-14H2,1-4H3/t15-,16+,21+/m0/s1. The number of nitrogens with one attached hydrogen (secondary N) is 1. The number of sulfonamides is 1. The van der Waals surface area contributed by atoms with E-state index in [4.69, 9.17) is 4.74 Å². The molecule has 0 fully saturated rings. The van der Waals surface area contributed by atoms with Crippen LogP contribution in [0.15, 0.2) is 47.4 Å². The highest BCUT2D eigenvalue weighted by atomic mass is 32.2. The van der Waals surface area contributed by atoms with Crippen molar-refractivity contribution in [2.24, 2.45) is 5.92 Å². The van der Waals surface area contributed by atoms with Crippen molar-refractivity contribution in [2.45, 2.75) is 30.9 Å². The van der Waals surface area contributed by atoms with Gasteiger partial charge in [0.1, 0.15) is 11.9 Å². The summed E-state index contributed by atoms with van der Waals surface area (Å²) in [6, 6.07) is 8.69. The molecule has 10 heteroatoms. The number of carbonyl (C=O) groups excluding carboxylic acids is 1. The minimum atomic E-state index is -4.06. The highest BCUT2D eigenvalue weighted by molar-refractivity contribution is 7.92. The van der Waals surface area contributed by atoms with Crippen molar-refractivity contribution in [1.82, 2.24) is 9.80 Å². The van der Waals surface area contributed by atoms with Gasteiger partial charge in [-0.1, -0.05) is 13.0 Å². The summed E-state index contributed by atoms with van der Waals surface area (Å²) in [6.07, 6.45) is -0.350. The van der Waals surface area contributed by atoms with Crippen LogP contribution in [0.4, 0.5) is 10.1 Å². The summed E-state index contributed by atoms with van der Waals surface area (Å²) in [5, 5.41) is 9.71. The van der Waals surface area contributed by atoms with Crippen LogP contribution in [0.5, 0.6) is 5.75 Å². The zero-order valence-electron chi connectivity index (χ0n) is 19.2. The van der Waals surface area contributed by atoms with Gasteiger partial charge in [-0.2, -0.15) is 0 Å². The highest BCUT2D eigenvalue weighted by Gasteiger charge is 2.34. The number of ether oxygens (including phenoxy) is 1. The van der Waals surface area contributed by atoms with Crippen LogP contribution in [-0.2, 0) is 10.0 Å². The molecule has 2 aromatic rings. The topological polar surface area (TPSA) is 99.2 Å². The van der Waals surface area contributed by atoms with Crippen LogP contribution in [0.25, 0.3) is 0 Å². The van der Waals surface area contributed by atoms with E-state index in [1.54, 1.807) is 24.0 Å². The molecule has 0 unspecified atom stereocenters. The largest absolute Gasteiger partial charge is 0.486 e. The molecular weight excluding hydrogens is 449 g/mol. The second-order valence-corrected chi connectivity index (χ2v) is 10.3. The first-order chi connectivity index (χ1) is 15.5. The molecule has 1 amide bonds. The smallest absolute Gasteiger partial charge is 0.262 e. The second kappa shape index (κ2) is 10.1. The number of halogens is 1. The van der Waals surface area contributed by atoms with Gasteiger partial charge in [-0.3, -0.25) is 9.52 Å². The second-order valence-electron chi connectivity index (χ2n) is 8.63. The molecular formula is C23H30FN3O5S. The van der Waals surface area contributed by atoms with Crippen molar-refractivity contribution >= 4 is 21.6 Å². The Balaban J connectivity index is 2.09. The summed E-state index contributed by atoms with van der Waals surface area (Å²) in [6.45, 7) is 4.42. The minimum Gasteiger partial charge on any atom is -0.486 e. The number of para-hydroxylation sites is 1. The number of carbonyl (C=O) groups is 1. The first-order valence-electron chi connectivity index (χ1n) is 10.7. The van der Waals surface area contributed by atoms with Crippen molar-refractivity contribution < 1.29 is 27.4 Å². The third-order valence-corrected chi connectivity index (χ3v) is 6.99. The van der Waals surface area contributed by atoms with E-state index in [-0.39, 0.29) is 46.4 Å². The fourth-order valence-corrected chi connectivity index (χ4v) is 4.78. The Labute approximate surface area is 194 Å². The maximum absolute atomic E-state index is 13.4. The number of nitrogens with zero attached hydrogens (tertiary/aromatic N) is 2. The van der Waals surface area contributed by atoms with E-state index < -0.39 is 21.9 Å². The van der Waals surface area contributed by atoms with Crippen LogP contribution < -0.4 is 9.46 Å². The van der Waals surface area contributed by atoms with Crippen molar-refractivity contribution in [3.8, 4) is 5.75 Å². The molecule has 1 aliphatic rings. The molecule has 0 spiro atoms. The van der Waals surface area contributed by atoms with Gasteiger partial charge in [0.2, 0.25) is 0 Å². The lowest BCUT2D eigenvalue weighted by Gasteiger charge is -2.38. The van der Waals surface area contributed by atoms with Crippen LogP contribution in [0, 0.1) is 11.7 Å². The first-order valence-corrected chi connectivity index (χ1v) is 12.2. The monoisotopic (exact) mass is 479 g/mol. The van der Waals surface area contributed by atoms with Gasteiger partial charge in [-0.15, -0.1) is 0 Å². The van der Waals surface area contributed by atoms with Crippen LogP contribution in [0.2, 0.25) is 0 Å². The van der Waals surface area contributed by atoms with Gasteiger partial charge >= 0.3 is 0 Å². The number of aliphatic hydroxyl groups excluding tert-OH is 1. The quantitative estimate of drug-likeness (QED) is 0.633. The van der Waals surface area contributed by atoms with Crippen LogP contribution >= 0.6 is 0 Å². The number of fused-ring (bicyclic) bond motifs is 1. The predicted molar refractivity (Wildman–Crippen MR) is 123 cm³/mol. The van der Waals surface area contributed by atoms with E-state index in [0.717, 1.165) is 24.3 Å². The Morgan fingerprint density at radius 3 is 2.52 bits per heavy atom. The predicted octanol–water partition coefficient (Wildman–Crippen LogP) is 2.41. The zero-order chi connectivity index (χ0) is 24.3. The molecule has 1 heterocycles. The zero-order valence-corrected chi connectivity index (χ0v) is 20.0. The molecule has 180 valence electrons. The Bertz CT molecular complexity index is 1090. The lowest BCUT2D eigenvalue weighted by Crippen LogP contribution is -2.49. The first kappa shape index (κ1) is 24.9. The van der Waals surface area contributed by atoms with Crippen molar-refractivity contribution in [3.63, 3.8) is 0 Å². The van der Waals surface area contributed by atoms with Gasteiger partial charge in [0.15, 0.2) is 5.75 Å². The minimum absolute atomic E-state index is 0.0970. The van der Waals surface area contributed by atoms with Gasteiger partial charge in [0, 0.05) is 19.0 Å². The highest BCUT2D eigenvalue weighted by Crippen LogP contribution is 2.36. The normalized spacial score (nSPS) is 20.0. The van der Waals surface area contributed by atoms with E-state index in [0.29, 0.717) is 13.1 Å². The summed E-state index contributed by atoms with van der Waals surface area (Å²) in [5.74, 6) is -0.877. The summed E-state index contributed by atoms with van der Waals surface area (Å²) in [7, 11) is -0.261. The summed E-state index contributed by atoms with van der Waals surface area (Å²) in [5.41, 5.74) is 0.310. The number of hydrogen-bond acceptors (Lipinski definition) is 6. The Morgan fingerprint density at radius 2 is 1.91 bits per heavy atom. The molecule has 8 nitrogen and oxygen atoms in total.